The molecule has 0 saturated heterocycles. The van der Waals surface area contributed by atoms with Crippen molar-refractivity contribution in [2.24, 2.45) is 5.16 Å². The van der Waals surface area contributed by atoms with Crippen molar-refractivity contribution in [2.45, 2.75) is 45.6 Å². The van der Waals surface area contributed by atoms with Crippen molar-refractivity contribution in [3.8, 4) is 0 Å². The van der Waals surface area contributed by atoms with Gasteiger partial charge in [-0.1, -0.05) is 11.2 Å². The molecule has 1 aliphatic rings. The fraction of sp³-hybridized carbons (Fsp3) is 0.500. The van der Waals surface area contributed by atoms with E-state index in [1.165, 1.54) is 5.56 Å². The van der Waals surface area contributed by atoms with E-state index in [-0.39, 0.29) is 0 Å². The van der Waals surface area contributed by atoms with Crippen LogP contribution in [0, 0.1) is 0 Å². The summed E-state index contributed by atoms with van der Waals surface area (Å²) in [7, 11) is 1.56. The Hall–Kier alpha value is -2.04. The van der Waals surface area contributed by atoms with Crippen molar-refractivity contribution in [2.75, 3.05) is 12.4 Å². The fourth-order valence-corrected chi connectivity index (χ4v) is 2.37. The van der Waals surface area contributed by atoms with Crippen molar-refractivity contribution in [3.05, 3.63) is 29.3 Å². The minimum Gasteiger partial charge on any atom is -0.444 e. The van der Waals surface area contributed by atoms with Gasteiger partial charge in [0.1, 0.15) is 12.7 Å². The molecule has 1 aromatic rings. The highest BCUT2D eigenvalue weighted by Gasteiger charge is 2.19. The topological polar surface area (TPSA) is 59.9 Å². The smallest absolute Gasteiger partial charge is 0.412 e. The first kappa shape index (κ1) is 15.4. The second kappa shape index (κ2) is 6.16. The second-order valence-corrected chi connectivity index (χ2v) is 6.07. The van der Waals surface area contributed by atoms with Crippen LogP contribution in [0.4, 0.5) is 10.5 Å². The molecule has 1 aliphatic carbocycles. The van der Waals surface area contributed by atoms with Crippen LogP contribution in [0.5, 0.6) is 0 Å². The molecule has 0 saturated carbocycles. The van der Waals surface area contributed by atoms with Crippen LogP contribution in [0.25, 0.3) is 0 Å². The highest BCUT2D eigenvalue weighted by Crippen LogP contribution is 2.25. The molecule has 2 rings (SSSR count). The van der Waals surface area contributed by atoms with Crippen molar-refractivity contribution in [3.63, 3.8) is 0 Å². The molecule has 0 fully saturated rings. The lowest BCUT2D eigenvalue weighted by Crippen LogP contribution is -2.27. The number of ether oxygens (including phenoxy) is 1. The number of carbonyl (C=O) groups is 1. The van der Waals surface area contributed by atoms with Gasteiger partial charge in [0.25, 0.3) is 0 Å². The van der Waals surface area contributed by atoms with Gasteiger partial charge in [0.05, 0.1) is 5.71 Å². The Morgan fingerprint density at radius 3 is 2.71 bits per heavy atom. The maximum absolute atomic E-state index is 11.8. The van der Waals surface area contributed by atoms with Crippen LogP contribution in [0.3, 0.4) is 0 Å². The van der Waals surface area contributed by atoms with Gasteiger partial charge in [-0.15, -0.1) is 0 Å². The van der Waals surface area contributed by atoms with E-state index in [0.29, 0.717) is 0 Å². The fourth-order valence-electron chi connectivity index (χ4n) is 2.37. The summed E-state index contributed by atoms with van der Waals surface area (Å²) in [6.45, 7) is 5.52. The van der Waals surface area contributed by atoms with Gasteiger partial charge in [-0.25, -0.2) is 4.79 Å². The lowest BCUT2D eigenvalue weighted by Gasteiger charge is -2.21. The van der Waals surface area contributed by atoms with Crippen LogP contribution in [0.1, 0.15) is 44.7 Å². The Bertz CT molecular complexity index is 559. The van der Waals surface area contributed by atoms with E-state index in [9.17, 15) is 4.79 Å². The number of hydrogen-bond donors (Lipinski definition) is 1. The first-order valence-electron chi connectivity index (χ1n) is 7.12. The molecule has 21 heavy (non-hydrogen) atoms. The third-order valence-electron chi connectivity index (χ3n) is 3.12. The molecule has 0 heterocycles. The van der Waals surface area contributed by atoms with Crippen molar-refractivity contribution in [1.29, 1.82) is 0 Å². The van der Waals surface area contributed by atoms with Gasteiger partial charge in [0.2, 0.25) is 0 Å². The Labute approximate surface area is 125 Å². The standard InChI is InChI=1S/C16H22N2O3/c1-16(2,3)21-15(19)17-12-8-9-13-11(10-12)6-5-7-14(13)18-20-4/h8-10H,5-7H2,1-4H3,(H,17,19)/b18-14+. The summed E-state index contributed by atoms with van der Waals surface area (Å²) >= 11 is 0. The number of nitrogens with one attached hydrogen (secondary N) is 1. The van der Waals surface area contributed by atoms with Crippen LogP contribution in [0.15, 0.2) is 23.4 Å². The van der Waals surface area contributed by atoms with Crippen molar-refractivity contribution in [1.82, 2.24) is 0 Å². The number of amides is 1. The predicted octanol–water partition coefficient (Wildman–Crippen LogP) is 3.72. The number of carbonyl (C=O) groups excluding carboxylic acids is 1. The third-order valence-corrected chi connectivity index (χ3v) is 3.12. The van der Waals surface area contributed by atoms with Crippen LogP contribution in [-0.2, 0) is 16.0 Å². The van der Waals surface area contributed by atoms with Gasteiger partial charge in [0.15, 0.2) is 0 Å². The zero-order valence-corrected chi connectivity index (χ0v) is 13.0. The van der Waals surface area contributed by atoms with E-state index in [2.05, 4.69) is 10.5 Å². The Morgan fingerprint density at radius 2 is 2.05 bits per heavy atom. The summed E-state index contributed by atoms with van der Waals surface area (Å²) in [6, 6.07) is 5.81. The van der Waals surface area contributed by atoms with Gasteiger partial charge in [0, 0.05) is 11.3 Å². The van der Waals surface area contributed by atoms with Crippen LogP contribution in [-0.4, -0.2) is 24.5 Å². The molecule has 0 spiro atoms. The first-order chi connectivity index (χ1) is 9.89. The monoisotopic (exact) mass is 290 g/mol. The zero-order valence-electron chi connectivity index (χ0n) is 13.0. The Morgan fingerprint density at radius 1 is 1.29 bits per heavy atom. The molecule has 0 atom stereocenters. The Balaban J connectivity index is 2.14. The molecule has 5 heteroatoms. The highest BCUT2D eigenvalue weighted by atomic mass is 16.6. The summed E-state index contributed by atoms with van der Waals surface area (Å²) in [5, 5.41) is 6.83. The lowest BCUT2D eigenvalue weighted by molar-refractivity contribution is 0.0636. The molecule has 5 nitrogen and oxygen atoms in total. The van der Waals surface area contributed by atoms with Gasteiger partial charge >= 0.3 is 6.09 Å². The molecule has 0 radical (unpaired) electrons. The summed E-state index contributed by atoms with van der Waals surface area (Å²) in [6.07, 6.45) is 2.48. The predicted molar refractivity (Wildman–Crippen MR) is 82.8 cm³/mol. The molecule has 114 valence electrons. The Kier molecular flexibility index (Phi) is 4.50. The first-order valence-corrected chi connectivity index (χ1v) is 7.12. The van der Waals surface area contributed by atoms with Gasteiger partial charge in [-0.05, 0) is 57.7 Å². The molecule has 1 amide bonds. The van der Waals surface area contributed by atoms with Gasteiger partial charge in [-0.2, -0.15) is 0 Å². The van der Waals surface area contributed by atoms with Crippen LogP contribution in [0.2, 0.25) is 0 Å². The van der Waals surface area contributed by atoms with Crippen molar-refractivity contribution >= 4 is 17.5 Å². The largest absolute Gasteiger partial charge is 0.444 e. The second-order valence-electron chi connectivity index (χ2n) is 6.07. The minimum atomic E-state index is -0.503. The average Bonchev–Trinajstić information content (AvgIpc) is 2.36. The molecule has 0 aromatic heterocycles. The number of fused-ring (bicyclic) bond motifs is 1. The number of rotatable bonds is 2. The number of aryl methyl sites for hydroxylation is 1. The molecule has 0 unspecified atom stereocenters. The lowest BCUT2D eigenvalue weighted by atomic mass is 9.90. The maximum atomic E-state index is 11.8. The molecular weight excluding hydrogens is 268 g/mol. The normalized spacial score (nSPS) is 16.3. The summed E-state index contributed by atoms with van der Waals surface area (Å²) in [5.74, 6) is 0. The molecule has 1 aromatic carbocycles. The third kappa shape index (κ3) is 4.21. The molecular formula is C16H22N2O3. The van der Waals surface area contributed by atoms with Gasteiger partial charge < -0.3 is 9.57 Å². The summed E-state index contributed by atoms with van der Waals surface area (Å²) in [5.41, 5.74) is 3.46. The number of nitrogens with zero attached hydrogens (tertiary/aromatic N) is 1. The number of benzene rings is 1. The van der Waals surface area contributed by atoms with Crippen molar-refractivity contribution < 1.29 is 14.4 Å². The number of anilines is 1. The minimum absolute atomic E-state index is 0.441. The maximum Gasteiger partial charge on any atom is 0.412 e. The number of hydrogen-bond acceptors (Lipinski definition) is 4. The van der Waals surface area contributed by atoms with Gasteiger partial charge in [-0.3, -0.25) is 5.32 Å². The average molecular weight is 290 g/mol. The number of oxime groups is 1. The molecule has 1 N–H and O–H groups in total. The van der Waals surface area contributed by atoms with E-state index in [4.69, 9.17) is 9.57 Å². The van der Waals surface area contributed by atoms with Crippen LogP contribution < -0.4 is 5.32 Å². The summed E-state index contributed by atoms with van der Waals surface area (Å²) in [4.78, 5) is 16.7. The van der Waals surface area contributed by atoms with E-state index in [0.717, 1.165) is 36.2 Å². The molecule has 0 bridgehead atoms. The molecule has 0 aliphatic heterocycles. The summed E-state index contributed by atoms with van der Waals surface area (Å²) < 4.78 is 5.25. The van der Waals surface area contributed by atoms with Crippen LogP contribution >= 0.6 is 0 Å². The van der Waals surface area contributed by atoms with E-state index in [1.807, 2.05) is 39.0 Å². The quantitative estimate of drug-likeness (QED) is 0.844. The van der Waals surface area contributed by atoms with E-state index in [1.54, 1.807) is 7.11 Å². The highest BCUT2D eigenvalue weighted by molar-refractivity contribution is 6.03. The van der Waals surface area contributed by atoms with E-state index < -0.39 is 11.7 Å². The SMILES string of the molecule is CO/N=C1\CCCc2cc(NC(=O)OC(C)(C)C)ccc21. The zero-order chi connectivity index (χ0) is 15.5. The van der Waals surface area contributed by atoms with E-state index >= 15 is 0 Å².